The molecule has 0 aliphatic carbocycles. The van der Waals surface area contributed by atoms with Gasteiger partial charge in [0.1, 0.15) is 11.7 Å². The molecule has 3 atom stereocenters. The lowest BCUT2D eigenvalue weighted by Gasteiger charge is -2.40. The van der Waals surface area contributed by atoms with Gasteiger partial charge in [0.05, 0.1) is 12.0 Å². The van der Waals surface area contributed by atoms with Gasteiger partial charge in [-0.3, -0.25) is 0 Å². The second kappa shape index (κ2) is 5.70. The van der Waals surface area contributed by atoms with Crippen molar-refractivity contribution in [3.05, 3.63) is 11.6 Å². The summed E-state index contributed by atoms with van der Waals surface area (Å²) in [5, 5.41) is 9.61. The largest absolute Gasteiger partial charge is 0.395 e. The van der Waals surface area contributed by atoms with Crippen LogP contribution in [0.5, 0.6) is 0 Å². The van der Waals surface area contributed by atoms with Crippen molar-refractivity contribution in [3.8, 4) is 0 Å². The number of aliphatic hydroxyl groups is 1. The van der Waals surface area contributed by atoms with Crippen LogP contribution in [0.4, 0.5) is 8.78 Å². The molecule has 1 rings (SSSR count). The molecule has 0 saturated carbocycles. The van der Waals surface area contributed by atoms with Crippen LogP contribution < -0.4 is 0 Å². The van der Waals surface area contributed by atoms with Gasteiger partial charge in [-0.25, -0.2) is 8.78 Å². The van der Waals surface area contributed by atoms with Gasteiger partial charge in [-0.2, -0.15) is 0 Å². The number of allylic oxidation sites excluding steroid dienone is 1. The molecule has 0 aromatic carbocycles. The molecule has 1 saturated heterocycles. The molecule has 0 aromatic heterocycles. The van der Waals surface area contributed by atoms with Gasteiger partial charge in [0.2, 0.25) is 6.43 Å². The predicted molar refractivity (Wildman–Crippen MR) is 73.7 cm³/mol. The fourth-order valence-corrected chi connectivity index (χ4v) is 3.09. The maximum Gasteiger partial charge on any atom is 0.248 e. The van der Waals surface area contributed by atoms with E-state index in [1.165, 1.54) is 0 Å². The van der Waals surface area contributed by atoms with E-state index in [2.05, 4.69) is 0 Å². The topological polar surface area (TPSA) is 38.7 Å². The Labute approximate surface area is 120 Å². The first kappa shape index (κ1) is 17.5. The third-order valence-corrected chi connectivity index (χ3v) is 3.87. The first-order valence-electron chi connectivity index (χ1n) is 6.96. The lowest BCUT2D eigenvalue weighted by molar-refractivity contribution is -0.181. The van der Waals surface area contributed by atoms with Crippen LogP contribution in [0.2, 0.25) is 0 Å². The molecule has 20 heavy (non-hydrogen) atoms. The summed E-state index contributed by atoms with van der Waals surface area (Å²) in [7, 11) is 0. The summed E-state index contributed by atoms with van der Waals surface area (Å²) in [5.41, 5.74) is -1.66. The molecule has 0 spiro atoms. The summed E-state index contributed by atoms with van der Waals surface area (Å²) in [5.74, 6) is -0.962. The number of hydrogen-bond donors (Lipinski definition) is 1. The van der Waals surface area contributed by atoms with Crippen molar-refractivity contribution in [3.63, 3.8) is 0 Å². The standard InChI is InChI=1S/C15H26F2O3/c1-7-15(9-18,12(16)17)11-14(6,8-10(2)3)20-13(4,5)19-11/h8,11-12,18H,7,9H2,1-6H3/t11-,14-,15-/m0/s1. The number of alkyl halides is 2. The molecule has 5 heteroatoms. The predicted octanol–water partition coefficient (Wildman–Crippen LogP) is 3.52. The molecule has 1 aliphatic heterocycles. The molecule has 0 radical (unpaired) electrons. The minimum absolute atomic E-state index is 0.109. The van der Waals surface area contributed by atoms with Crippen molar-refractivity contribution in [2.45, 2.75) is 71.9 Å². The number of rotatable bonds is 5. The Morgan fingerprint density at radius 1 is 1.35 bits per heavy atom. The second-order valence-electron chi connectivity index (χ2n) is 6.45. The molecule has 1 heterocycles. The summed E-state index contributed by atoms with van der Waals surface area (Å²) < 4.78 is 38.9. The van der Waals surface area contributed by atoms with Crippen LogP contribution in [0.3, 0.4) is 0 Å². The number of ether oxygens (including phenoxy) is 2. The highest BCUT2D eigenvalue weighted by atomic mass is 19.3. The van der Waals surface area contributed by atoms with Crippen molar-refractivity contribution < 1.29 is 23.4 Å². The van der Waals surface area contributed by atoms with Crippen LogP contribution in [0.15, 0.2) is 11.6 Å². The van der Waals surface area contributed by atoms with Crippen LogP contribution in [-0.2, 0) is 9.47 Å². The lowest BCUT2D eigenvalue weighted by Crippen LogP contribution is -2.53. The molecule has 3 nitrogen and oxygen atoms in total. The highest BCUT2D eigenvalue weighted by Gasteiger charge is 2.60. The number of hydrogen-bond acceptors (Lipinski definition) is 3. The zero-order valence-corrected chi connectivity index (χ0v) is 13.2. The average molecular weight is 292 g/mol. The van der Waals surface area contributed by atoms with Gasteiger partial charge in [-0.15, -0.1) is 0 Å². The Morgan fingerprint density at radius 2 is 1.90 bits per heavy atom. The van der Waals surface area contributed by atoms with E-state index in [-0.39, 0.29) is 6.42 Å². The van der Waals surface area contributed by atoms with E-state index in [0.29, 0.717) is 0 Å². The van der Waals surface area contributed by atoms with Crippen LogP contribution in [0.1, 0.15) is 48.0 Å². The van der Waals surface area contributed by atoms with Crippen LogP contribution in [0.25, 0.3) is 0 Å². The first-order valence-corrected chi connectivity index (χ1v) is 6.96. The van der Waals surface area contributed by atoms with Crippen molar-refractivity contribution in [2.75, 3.05) is 6.61 Å². The van der Waals surface area contributed by atoms with Gasteiger partial charge in [0.25, 0.3) is 0 Å². The Morgan fingerprint density at radius 3 is 2.25 bits per heavy atom. The van der Waals surface area contributed by atoms with Gasteiger partial charge in [0, 0.05) is 0 Å². The van der Waals surface area contributed by atoms with Crippen LogP contribution >= 0.6 is 0 Å². The lowest BCUT2D eigenvalue weighted by atomic mass is 9.73. The van der Waals surface area contributed by atoms with Crippen LogP contribution in [-0.4, -0.2) is 35.6 Å². The molecule has 118 valence electrons. The average Bonchev–Trinajstić information content (AvgIpc) is 2.50. The molecule has 1 fully saturated rings. The van der Waals surface area contributed by atoms with Gasteiger partial charge in [-0.05, 0) is 41.0 Å². The quantitative estimate of drug-likeness (QED) is 0.788. The first-order chi connectivity index (χ1) is 9.03. The van der Waals surface area contributed by atoms with E-state index in [4.69, 9.17) is 9.47 Å². The Balaban J connectivity index is 3.34. The minimum Gasteiger partial charge on any atom is -0.395 e. The third kappa shape index (κ3) is 3.05. The Bertz CT molecular complexity index is 371. The molecular weight excluding hydrogens is 266 g/mol. The summed E-state index contributed by atoms with van der Waals surface area (Å²) in [6.07, 6.45) is -1.69. The highest BCUT2D eigenvalue weighted by molar-refractivity contribution is 5.16. The third-order valence-electron chi connectivity index (χ3n) is 3.87. The van der Waals surface area contributed by atoms with E-state index >= 15 is 0 Å². The summed E-state index contributed by atoms with van der Waals surface area (Å²) in [6, 6.07) is 0. The highest BCUT2D eigenvalue weighted by Crippen LogP contribution is 2.49. The van der Waals surface area contributed by atoms with Crippen LogP contribution in [0, 0.1) is 5.41 Å². The van der Waals surface area contributed by atoms with Gasteiger partial charge in [-0.1, -0.05) is 18.6 Å². The molecule has 0 unspecified atom stereocenters. The Kier molecular flexibility index (Phi) is 4.99. The molecule has 0 amide bonds. The number of aliphatic hydroxyl groups excluding tert-OH is 1. The molecule has 0 bridgehead atoms. The molecular formula is C15H26F2O3. The SMILES string of the molecule is CC[C@@](CO)(C(F)F)[C@H]1OC(C)(C)O[C@@]1(C)C=C(C)C. The molecule has 0 aromatic rings. The number of halogens is 2. The van der Waals surface area contributed by atoms with Gasteiger partial charge >= 0.3 is 0 Å². The monoisotopic (exact) mass is 292 g/mol. The maximum atomic E-state index is 13.6. The summed E-state index contributed by atoms with van der Waals surface area (Å²) in [4.78, 5) is 0. The van der Waals surface area contributed by atoms with Gasteiger partial charge in [0.15, 0.2) is 5.79 Å². The van der Waals surface area contributed by atoms with E-state index in [1.54, 1.807) is 33.8 Å². The fourth-order valence-electron chi connectivity index (χ4n) is 3.09. The van der Waals surface area contributed by atoms with E-state index in [1.807, 2.05) is 13.8 Å². The molecule has 1 N–H and O–H groups in total. The summed E-state index contributed by atoms with van der Waals surface area (Å²) in [6.45, 7) is 9.90. The maximum absolute atomic E-state index is 13.6. The molecule has 1 aliphatic rings. The summed E-state index contributed by atoms with van der Waals surface area (Å²) >= 11 is 0. The Hall–Kier alpha value is -0.520. The van der Waals surface area contributed by atoms with E-state index in [9.17, 15) is 13.9 Å². The smallest absolute Gasteiger partial charge is 0.248 e. The van der Waals surface area contributed by atoms with Crippen molar-refractivity contribution >= 4 is 0 Å². The van der Waals surface area contributed by atoms with Gasteiger partial charge < -0.3 is 14.6 Å². The normalized spacial score (nSPS) is 32.2. The minimum atomic E-state index is -2.69. The fraction of sp³-hybridized carbons (Fsp3) is 0.867. The van der Waals surface area contributed by atoms with E-state index in [0.717, 1.165) is 5.57 Å². The van der Waals surface area contributed by atoms with E-state index < -0.39 is 35.9 Å². The second-order valence-corrected chi connectivity index (χ2v) is 6.45. The van der Waals surface area contributed by atoms with Crippen molar-refractivity contribution in [2.24, 2.45) is 5.41 Å². The van der Waals surface area contributed by atoms with Crippen molar-refractivity contribution in [1.29, 1.82) is 0 Å². The zero-order valence-electron chi connectivity index (χ0n) is 13.2. The van der Waals surface area contributed by atoms with Crippen molar-refractivity contribution in [1.82, 2.24) is 0 Å². The zero-order chi connectivity index (χ0) is 15.8.